The number of aryl methyl sites for hydroxylation is 1. The first-order chi connectivity index (χ1) is 12.8. The molecule has 2 unspecified atom stereocenters. The van der Waals surface area contributed by atoms with Crippen LogP contribution in [0.5, 0.6) is 5.75 Å². The summed E-state index contributed by atoms with van der Waals surface area (Å²) in [5.74, 6) is -0.0843. The second-order valence-corrected chi connectivity index (χ2v) is 8.32. The fraction of sp³-hybridized carbons (Fsp3) is 0.368. The topological polar surface area (TPSA) is 88.3 Å². The van der Waals surface area contributed by atoms with E-state index in [0.717, 1.165) is 12.0 Å². The minimum Gasteiger partial charge on any atom is -0.488 e. The molecule has 0 spiro atoms. The number of carbonyl (C=O) groups excluding carboxylic acids is 1. The van der Waals surface area contributed by atoms with Gasteiger partial charge in [-0.15, -0.1) is 0 Å². The van der Waals surface area contributed by atoms with Gasteiger partial charge in [0.15, 0.2) is 5.75 Å². The number of aromatic amines is 1. The van der Waals surface area contributed by atoms with E-state index < -0.39 is 16.0 Å². The molecule has 146 valence electrons. The van der Waals surface area contributed by atoms with Gasteiger partial charge in [0.25, 0.3) is 0 Å². The van der Waals surface area contributed by atoms with Crippen LogP contribution in [-0.2, 0) is 21.3 Å². The number of nitrogens with one attached hydrogen (secondary N) is 2. The summed E-state index contributed by atoms with van der Waals surface area (Å²) in [5.41, 5.74) is 1.66. The van der Waals surface area contributed by atoms with E-state index in [4.69, 9.17) is 16.3 Å². The first-order valence-electron chi connectivity index (χ1n) is 8.60. The van der Waals surface area contributed by atoms with E-state index in [1.165, 1.54) is 12.3 Å². The predicted molar refractivity (Wildman–Crippen MR) is 109 cm³/mol. The van der Waals surface area contributed by atoms with Crippen LogP contribution in [0.4, 0.5) is 5.69 Å². The molecule has 2 atom stereocenters. The molecule has 1 heterocycles. The van der Waals surface area contributed by atoms with E-state index in [9.17, 15) is 13.8 Å². The Hall–Kier alpha value is -2.12. The van der Waals surface area contributed by atoms with Crippen LogP contribution < -0.4 is 15.5 Å². The van der Waals surface area contributed by atoms with Gasteiger partial charge in [-0.3, -0.25) is 13.8 Å². The second kappa shape index (κ2) is 9.71. The molecular formula is C19H23ClN2O4S. The Morgan fingerprint density at radius 2 is 2.11 bits per heavy atom. The number of rotatable bonds is 8. The zero-order valence-corrected chi connectivity index (χ0v) is 17.1. The molecule has 1 aromatic heterocycles. The Bertz CT molecular complexity index is 898. The summed E-state index contributed by atoms with van der Waals surface area (Å²) >= 11 is 6.05. The summed E-state index contributed by atoms with van der Waals surface area (Å²) in [4.78, 5) is 27.2. The molecule has 2 rings (SSSR count). The van der Waals surface area contributed by atoms with Crippen molar-refractivity contribution >= 4 is 34.0 Å². The third-order valence-corrected chi connectivity index (χ3v) is 5.90. The standard InChI is InChI=1S/C19H23ClN2O4S/c1-4-7-26-18-10-21-15(9-17(18)23)11-27(25)13(3)19(24)22-14-6-5-12(2)16(20)8-14/h5-6,8-10,13H,4,7,11H2,1-3H3,(H,21,23)(H,22,24). The number of halogens is 1. The van der Waals surface area contributed by atoms with Gasteiger partial charge in [-0.05, 0) is 38.0 Å². The lowest BCUT2D eigenvalue weighted by atomic mass is 10.2. The van der Waals surface area contributed by atoms with Crippen molar-refractivity contribution in [2.45, 2.75) is 38.2 Å². The molecule has 0 fully saturated rings. The van der Waals surface area contributed by atoms with Gasteiger partial charge in [-0.1, -0.05) is 24.6 Å². The first kappa shape index (κ1) is 21.2. The monoisotopic (exact) mass is 410 g/mol. The van der Waals surface area contributed by atoms with Crippen molar-refractivity contribution < 1.29 is 13.7 Å². The highest BCUT2D eigenvalue weighted by molar-refractivity contribution is 7.85. The third kappa shape index (κ3) is 5.94. The van der Waals surface area contributed by atoms with Crippen molar-refractivity contribution in [2.24, 2.45) is 0 Å². The van der Waals surface area contributed by atoms with Crippen LogP contribution in [0.1, 0.15) is 31.5 Å². The van der Waals surface area contributed by atoms with Crippen LogP contribution in [0.2, 0.25) is 5.02 Å². The lowest BCUT2D eigenvalue weighted by Gasteiger charge is -2.13. The molecule has 0 radical (unpaired) electrons. The van der Waals surface area contributed by atoms with E-state index in [1.807, 2.05) is 13.8 Å². The van der Waals surface area contributed by atoms with E-state index in [-0.39, 0.29) is 22.8 Å². The number of benzene rings is 1. The number of H-pyrrole nitrogens is 1. The molecule has 0 saturated carbocycles. The average molecular weight is 411 g/mol. The molecule has 6 nitrogen and oxygen atoms in total. The first-order valence-corrected chi connectivity index (χ1v) is 10.4. The number of aromatic nitrogens is 1. The Kier molecular flexibility index (Phi) is 7.62. The molecule has 8 heteroatoms. The number of hydrogen-bond acceptors (Lipinski definition) is 4. The highest BCUT2D eigenvalue weighted by Crippen LogP contribution is 2.20. The maximum atomic E-state index is 12.5. The van der Waals surface area contributed by atoms with Gasteiger partial charge < -0.3 is 15.0 Å². The maximum absolute atomic E-state index is 12.5. The van der Waals surface area contributed by atoms with Gasteiger partial charge in [0.05, 0.1) is 12.4 Å². The van der Waals surface area contributed by atoms with E-state index in [2.05, 4.69) is 10.3 Å². The van der Waals surface area contributed by atoms with Crippen LogP contribution in [0.15, 0.2) is 35.3 Å². The highest BCUT2D eigenvalue weighted by Gasteiger charge is 2.21. The summed E-state index contributed by atoms with van der Waals surface area (Å²) < 4.78 is 17.8. The van der Waals surface area contributed by atoms with Crippen LogP contribution in [0.3, 0.4) is 0 Å². The molecule has 0 aliphatic rings. The van der Waals surface area contributed by atoms with Gasteiger partial charge in [0.1, 0.15) is 5.25 Å². The zero-order chi connectivity index (χ0) is 20.0. The van der Waals surface area contributed by atoms with Crippen LogP contribution in [-0.4, -0.2) is 27.0 Å². The molecule has 0 saturated heterocycles. The molecule has 1 aromatic carbocycles. The Balaban J connectivity index is 2.00. The number of carbonyl (C=O) groups is 1. The second-order valence-electron chi connectivity index (χ2n) is 6.16. The van der Waals surface area contributed by atoms with Gasteiger partial charge in [0, 0.05) is 39.5 Å². The van der Waals surface area contributed by atoms with E-state index in [0.29, 0.717) is 23.0 Å². The molecule has 2 N–H and O–H groups in total. The summed E-state index contributed by atoms with van der Waals surface area (Å²) in [6.07, 6.45) is 2.26. The van der Waals surface area contributed by atoms with Crippen molar-refractivity contribution in [2.75, 3.05) is 11.9 Å². The molecule has 0 aliphatic carbocycles. The number of hydrogen-bond donors (Lipinski definition) is 2. The molecule has 1 amide bonds. The van der Waals surface area contributed by atoms with Gasteiger partial charge >= 0.3 is 0 Å². The molecule has 27 heavy (non-hydrogen) atoms. The molecule has 0 aliphatic heterocycles. The van der Waals surface area contributed by atoms with E-state index in [1.54, 1.807) is 25.1 Å². The zero-order valence-electron chi connectivity index (χ0n) is 15.5. The quantitative estimate of drug-likeness (QED) is 0.698. The van der Waals surface area contributed by atoms with Crippen molar-refractivity contribution in [1.29, 1.82) is 0 Å². The van der Waals surface area contributed by atoms with Crippen molar-refractivity contribution in [3.05, 3.63) is 57.0 Å². The smallest absolute Gasteiger partial charge is 0.239 e. The third-order valence-electron chi connectivity index (χ3n) is 3.90. The van der Waals surface area contributed by atoms with Crippen LogP contribution in [0, 0.1) is 6.92 Å². The predicted octanol–water partition coefficient (Wildman–Crippen LogP) is 3.40. The molecule has 2 aromatic rings. The summed E-state index contributed by atoms with van der Waals surface area (Å²) in [6, 6.07) is 6.54. The number of pyridine rings is 1. The minimum atomic E-state index is -1.51. The van der Waals surface area contributed by atoms with Crippen LogP contribution in [0.25, 0.3) is 0 Å². The average Bonchev–Trinajstić information content (AvgIpc) is 2.63. The maximum Gasteiger partial charge on any atom is 0.239 e. The largest absolute Gasteiger partial charge is 0.488 e. The summed E-state index contributed by atoms with van der Waals surface area (Å²) in [7, 11) is -1.51. The van der Waals surface area contributed by atoms with Crippen molar-refractivity contribution in [3.8, 4) is 5.75 Å². The van der Waals surface area contributed by atoms with Crippen LogP contribution >= 0.6 is 11.6 Å². The van der Waals surface area contributed by atoms with Gasteiger partial charge in [0.2, 0.25) is 11.3 Å². The van der Waals surface area contributed by atoms with Gasteiger partial charge in [-0.2, -0.15) is 0 Å². The molecular weight excluding hydrogens is 388 g/mol. The number of amides is 1. The van der Waals surface area contributed by atoms with Crippen molar-refractivity contribution in [1.82, 2.24) is 4.98 Å². The SMILES string of the molecule is CCCOc1c[nH]c(CS(=O)C(C)C(=O)Nc2ccc(C)c(Cl)c2)cc1=O. The lowest BCUT2D eigenvalue weighted by Crippen LogP contribution is -2.30. The fourth-order valence-electron chi connectivity index (χ4n) is 2.22. The normalized spacial score (nSPS) is 13.0. The minimum absolute atomic E-state index is 0.0620. The highest BCUT2D eigenvalue weighted by atomic mass is 35.5. The summed E-state index contributed by atoms with van der Waals surface area (Å²) in [5, 5.41) is 2.50. The Morgan fingerprint density at radius 1 is 1.37 bits per heavy atom. The number of ether oxygens (including phenoxy) is 1. The number of anilines is 1. The summed E-state index contributed by atoms with van der Waals surface area (Å²) in [6.45, 7) is 5.85. The lowest BCUT2D eigenvalue weighted by molar-refractivity contribution is -0.115. The van der Waals surface area contributed by atoms with E-state index >= 15 is 0 Å². The van der Waals surface area contributed by atoms with Crippen molar-refractivity contribution in [3.63, 3.8) is 0 Å². The Labute approximate surface area is 165 Å². The van der Waals surface area contributed by atoms with Gasteiger partial charge in [-0.25, -0.2) is 0 Å². The molecule has 0 bridgehead atoms. The fourth-order valence-corrected chi connectivity index (χ4v) is 3.42. The Morgan fingerprint density at radius 3 is 2.74 bits per heavy atom.